The summed E-state index contributed by atoms with van der Waals surface area (Å²) in [6.45, 7) is 4.44. The summed E-state index contributed by atoms with van der Waals surface area (Å²) >= 11 is 1.25. The van der Waals surface area contributed by atoms with Crippen molar-refractivity contribution >= 4 is 17.3 Å². The van der Waals surface area contributed by atoms with Gasteiger partial charge in [0.25, 0.3) is 0 Å². The molecule has 90 valence electrons. The van der Waals surface area contributed by atoms with Gasteiger partial charge in [0.2, 0.25) is 0 Å². The number of carboxylic acid groups (broad SMARTS) is 1. The quantitative estimate of drug-likeness (QED) is 0.901. The molecule has 0 atom stereocenters. The van der Waals surface area contributed by atoms with Gasteiger partial charge in [-0.15, -0.1) is 11.3 Å². The molecular weight excluding hydrogens is 238 g/mol. The van der Waals surface area contributed by atoms with Crippen LogP contribution in [0.5, 0.6) is 0 Å². The predicted molar refractivity (Wildman–Crippen MR) is 64.5 cm³/mol. The fourth-order valence-electron chi connectivity index (χ4n) is 1.61. The number of aromatic carboxylic acids is 1. The third kappa shape index (κ3) is 2.52. The number of hydrogen-bond acceptors (Lipinski definition) is 4. The summed E-state index contributed by atoms with van der Waals surface area (Å²) < 4.78 is 2.02. The van der Waals surface area contributed by atoms with Crippen LogP contribution in [0.15, 0.2) is 12.4 Å². The maximum atomic E-state index is 10.9. The molecule has 0 saturated heterocycles. The summed E-state index contributed by atoms with van der Waals surface area (Å²) in [5.41, 5.74) is 0.597. The van der Waals surface area contributed by atoms with E-state index in [0.717, 1.165) is 23.8 Å². The summed E-state index contributed by atoms with van der Waals surface area (Å²) in [6, 6.07) is 0. The SMILES string of the molecule is Cc1nc(CCn2ccnc2C)sc1C(=O)O. The van der Waals surface area contributed by atoms with Crippen LogP contribution in [0.4, 0.5) is 0 Å². The zero-order valence-corrected chi connectivity index (χ0v) is 10.5. The molecule has 0 aliphatic carbocycles. The van der Waals surface area contributed by atoms with Crippen LogP contribution < -0.4 is 0 Å². The van der Waals surface area contributed by atoms with Gasteiger partial charge in [0.15, 0.2) is 0 Å². The fraction of sp³-hybridized carbons (Fsp3) is 0.364. The lowest BCUT2D eigenvalue weighted by Crippen LogP contribution is -2.01. The Kier molecular flexibility index (Phi) is 3.23. The Balaban J connectivity index is 2.07. The predicted octanol–water partition coefficient (Wildman–Crippen LogP) is 1.90. The Bertz CT molecular complexity index is 545. The van der Waals surface area contributed by atoms with Crippen molar-refractivity contribution in [2.45, 2.75) is 26.8 Å². The third-order valence-corrected chi connectivity index (χ3v) is 3.73. The van der Waals surface area contributed by atoms with E-state index in [0.29, 0.717) is 10.6 Å². The first-order valence-electron chi connectivity index (χ1n) is 5.25. The van der Waals surface area contributed by atoms with Crippen molar-refractivity contribution in [3.05, 3.63) is 33.8 Å². The Morgan fingerprint density at radius 1 is 1.53 bits per heavy atom. The van der Waals surface area contributed by atoms with Gasteiger partial charge in [-0.3, -0.25) is 0 Å². The van der Waals surface area contributed by atoms with Crippen molar-refractivity contribution < 1.29 is 9.90 Å². The lowest BCUT2D eigenvalue weighted by molar-refractivity contribution is 0.0701. The molecule has 2 aromatic rings. The van der Waals surface area contributed by atoms with Crippen molar-refractivity contribution in [2.75, 3.05) is 0 Å². The van der Waals surface area contributed by atoms with Gasteiger partial charge >= 0.3 is 5.97 Å². The number of nitrogens with zero attached hydrogens (tertiary/aromatic N) is 3. The number of aryl methyl sites for hydroxylation is 4. The molecule has 0 unspecified atom stereocenters. The molecule has 2 heterocycles. The fourth-order valence-corrected chi connectivity index (χ4v) is 2.51. The Hall–Kier alpha value is -1.69. The maximum absolute atomic E-state index is 10.9. The van der Waals surface area contributed by atoms with E-state index in [1.165, 1.54) is 11.3 Å². The van der Waals surface area contributed by atoms with E-state index in [9.17, 15) is 4.79 Å². The summed E-state index contributed by atoms with van der Waals surface area (Å²) in [7, 11) is 0. The van der Waals surface area contributed by atoms with Gasteiger partial charge in [-0.05, 0) is 13.8 Å². The summed E-state index contributed by atoms with van der Waals surface area (Å²) in [4.78, 5) is 19.6. The molecule has 6 heteroatoms. The van der Waals surface area contributed by atoms with Crippen molar-refractivity contribution in [3.63, 3.8) is 0 Å². The number of carboxylic acids is 1. The molecule has 0 radical (unpaired) electrons. The summed E-state index contributed by atoms with van der Waals surface area (Å²) in [6.07, 6.45) is 4.40. The van der Waals surface area contributed by atoms with Crippen LogP contribution in [0, 0.1) is 13.8 Å². The average Bonchev–Trinajstić information content (AvgIpc) is 2.82. The highest BCUT2D eigenvalue weighted by molar-refractivity contribution is 7.13. The topological polar surface area (TPSA) is 68.0 Å². The zero-order valence-electron chi connectivity index (χ0n) is 9.67. The molecule has 0 spiro atoms. The number of thiazole rings is 1. The normalized spacial score (nSPS) is 10.7. The second kappa shape index (κ2) is 4.67. The molecule has 0 aliphatic rings. The van der Waals surface area contributed by atoms with E-state index in [4.69, 9.17) is 5.11 Å². The molecule has 0 aromatic carbocycles. The second-order valence-corrected chi connectivity index (χ2v) is 4.83. The molecule has 0 bridgehead atoms. The van der Waals surface area contributed by atoms with Crippen molar-refractivity contribution in [3.8, 4) is 0 Å². The van der Waals surface area contributed by atoms with E-state index in [1.54, 1.807) is 13.1 Å². The Labute approximate surface area is 103 Å². The molecule has 0 fully saturated rings. The highest BCUT2D eigenvalue weighted by Crippen LogP contribution is 2.18. The van der Waals surface area contributed by atoms with Crippen LogP contribution in [0.3, 0.4) is 0 Å². The van der Waals surface area contributed by atoms with E-state index in [1.807, 2.05) is 17.7 Å². The first-order valence-corrected chi connectivity index (χ1v) is 6.07. The maximum Gasteiger partial charge on any atom is 0.347 e. The van der Waals surface area contributed by atoms with Crippen molar-refractivity contribution in [1.29, 1.82) is 0 Å². The highest BCUT2D eigenvalue weighted by atomic mass is 32.1. The minimum Gasteiger partial charge on any atom is -0.477 e. The molecule has 2 aromatic heterocycles. The summed E-state index contributed by atoms with van der Waals surface area (Å²) in [5, 5.41) is 9.79. The van der Waals surface area contributed by atoms with Gasteiger partial charge in [0.1, 0.15) is 10.7 Å². The average molecular weight is 251 g/mol. The molecule has 0 aliphatic heterocycles. The van der Waals surface area contributed by atoms with Crippen molar-refractivity contribution in [2.24, 2.45) is 0 Å². The second-order valence-electron chi connectivity index (χ2n) is 3.75. The summed E-state index contributed by atoms with van der Waals surface area (Å²) in [5.74, 6) is 0.0572. The van der Waals surface area contributed by atoms with Crippen LogP contribution in [0.1, 0.15) is 26.2 Å². The van der Waals surface area contributed by atoms with Crippen LogP contribution in [-0.4, -0.2) is 25.6 Å². The van der Waals surface area contributed by atoms with Gasteiger partial charge in [-0.2, -0.15) is 0 Å². The van der Waals surface area contributed by atoms with Crippen LogP contribution in [-0.2, 0) is 13.0 Å². The lowest BCUT2D eigenvalue weighted by atomic mass is 10.4. The van der Waals surface area contributed by atoms with Gasteiger partial charge in [0.05, 0.1) is 10.7 Å². The van der Waals surface area contributed by atoms with E-state index < -0.39 is 5.97 Å². The number of rotatable bonds is 4. The third-order valence-electron chi connectivity index (χ3n) is 2.53. The van der Waals surface area contributed by atoms with Crippen LogP contribution in [0.2, 0.25) is 0 Å². The standard InChI is InChI=1S/C11H13N3O2S/c1-7-10(11(15)16)17-9(13-7)3-5-14-6-4-12-8(14)2/h4,6H,3,5H2,1-2H3,(H,15,16). The van der Waals surface area contributed by atoms with E-state index in [-0.39, 0.29) is 0 Å². The van der Waals surface area contributed by atoms with Gasteiger partial charge in [-0.25, -0.2) is 14.8 Å². The van der Waals surface area contributed by atoms with E-state index in [2.05, 4.69) is 9.97 Å². The molecular formula is C11H13N3O2S. The molecule has 5 nitrogen and oxygen atoms in total. The Morgan fingerprint density at radius 2 is 2.29 bits per heavy atom. The lowest BCUT2D eigenvalue weighted by Gasteiger charge is -2.01. The Morgan fingerprint density at radius 3 is 2.82 bits per heavy atom. The molecule has 0 amide bonds. The molecule has 0 saturated carbocycles. The minimum absolute atomic E-state index is 0.336. The zero-order chi connectivity index (χ0) is 12.4. The highest BCUT2D eigenvalue weighted by Gasteiger charge is 2.13. The van der Waals surface area contributed by atoms with Gasteiger partial charge < -0.3 is 9.67 Å². The molecule has 17 heavy (non-hydrogen) atoms. The number of aromatic nitrogens is 3. The van der Waals surface area contributed by atoms with E-state index >= 15 is 0 Å². The van der Waals surface area contributed by atoms with Gasteiger partial charge in [0, 0.05) is 25.4 Å². The molecule has 1 N–H and O–H groups in total. The molecule has 2 rings (SSSR count). The van der Waals surface area contributed by atoms with Gasteiger partial charge in [-0.1, -0.05) is 0 Å². The van der Waals surface area contributed by atoms with Crippen LogP contribution >= 0.6 is 11.3 Å². The monoisotopic (exact) mass is 251 g/mol. The largest absolute Gasteiger partial charge is 0.477 e. The van der Waals surface area contributed by atoms with Crippen LogP contribution in [0.25, 0.3) is 0 Å². The number of imidazole rings is 1. The minimum atomic E-state index is -0.898. The smallest absolute Gasteiger partial charge is 0.347 e. The number of carbonyl (C=O) groups is 1. The first-order chi connectivity index (χ1) is 8.08. The number of hydrogen-bond donors (Lipinski definition) is 1. The van der Waals surface area contributed by atoms with Crippen molar-refractivity contribution in [1.82, 2.24) is 14.5 Å². The first kappa shape index (κ1) is 11.8.